The number of Topliss-reactive ketones (excluding diaryl/α,β-unsaturated/α-hetero) is 1. The number of anilines is 1. The highest BCUT2D eigenvalue weighted by Gasteiger charge is 2.44. The summed E-state index contributed by atoms with van der Waals surface area (Å²) < 4.78 is 5.43. The van der Waals surface area contributed by atoms with Crippen LogP contribution in [0.4, 0.5) is 5.69 Å². The van der Waals surface area contributed by atoms with Crippen LogP contribution in [0.2, 0.25) is 0 Å². The summed E-state index contributed by atoms with van der Waals surface area (Å²) in [7, 11) is 0. The van der Waals surface area contributed by atoms with Gasteiger partial charge in [-0.15, -0.1) is 0 Å². The van der Waals surface area contributed by atoms with Crippen molar-refractivity contribution < 1.29 is 23.9 Å². The van der Waals surface area contributed by atoms with Crippen LogP contribution in [0.15, 0.2) is 54.6 Å². The Hall–Kier alpha value is -3.48. The van der Waals surface area contributed by atoms with E-state index >= 15 is 0 Å². The van der Waals surface area contributed by atoms with Gasteiger partial charge in [0.1, 0.15) is 0 Å². The smallest absolute Gasteiger partial charge is 0.317 e. The van der Waals surface area contributed by atoms with Gasteiger partial charge in [-0.3, -0.25) is 19.2 Å². The molecule has 0 aliphatic carbocycles. The van der Waals surface area contributed by atoms with E-state index in [0.717, 1.165) is 5.56 Å². The molecule has 0 bridgehead atoms. The van der Waals surface area contributed by atoms with E-state index < -0.39 is 23.9 Å². The number of piperidine rings is 1. The molecule has 1 saturated heterocycles. The molecular formula is C24H26N2O5. The second kappa shape index (κ2) is 9.55. The summed E-state index contributed by atoms with van der Waals surface area (Å²) in [6.45, 7) is 3.42. The third kappa shape index (κ3) is 5.17. The number of hydrogen-bond donors (Lipinski definition) is 1. The molecule has 1 heterocycles. The van der Waals surface area contributed by atoms with E-state index in [1.807, 2.05) is 30.3 Å². The van der Waals surface area contributed by atoms with Crippen LogP contribution < -0.4 is 5.32 Å². The average molecular weight is 422 g/mol. The first-order chi connectivity index (χ1) is 14.8. The van der Waals surface area contributed by atoms with Gasteiger partial charge in [-0.2, -0.15) is 0 Å². The lowest BCUT2D eigenvalue weighted by molar-refractivity contribution is -0.156. The molecule has 7 heteroatoms. The molecule has 1 N–H and O–H groups in total. The Bertz CT molecular complexity index is 978. The molecule has 3 rings (SSSR count). The zero-order valence-corrected chi connectivity index (χ0v) is 17.7. The lowest BCUT2D eigenvalue weighted by Crippen LogP contribution is -2.49. The number of nitrogens with one attached hydrogen (secondary N) is 1. The van der Waals surface area contributed by atoms with Gasteiger partial charge in [0.2, 0.25) is 5.91 Å². The molecule has 2 aromatic rings. The zero-order valence-electron chi connectivity index (χ0n) is 17.7. The Kier molecular flexibility index (Phi) is 6.84. The van der Waals surface area contributed by atoms with Gasteiger partial charge in [0, 0.05) is 31.3 Å². The van der Waals surface area contributed by atoms with E-state index in [1.165, 1.54) is 13.8 Å². The van der Waals surface area contributed by atoms with E-state index in [1.54, 1.807) is 29.2 Å². The molecule has 0 radical (unpaired) electrons. The fourth-order valence-electron chi connectivity index (χ4n) is 3.85. The third-order valence-electron chi connectivity index (χ3n) is 5.67. The number of carbonyl (C=O) groups excluding carboxylic acids is 4. The first kappa shape index (κ1) is 22.2. The summed E-state index contributed by atoms with van der Waals surface area (Å²) >= 11 is 0. The summed E-state index contributed by atoms with van der Waals surface area (Å²) in [5.41, 5.74) is 0.858. The van der Waals surface area contributed by atoms with Crippen LogP contribution in [0.25, 0.3) is 0 Å². The lowest BCUT2D eigenvalue weighted by Gasteiger charge is -2.40. The molecule has 2 aromatic carbocycles. The Labute approximate surface area is 181 Å². The number of nitrogens with zero attached hydrogens (tertiary/aromatic N) is 1. The molecule has 0 aromatic heterocycles. The van der Waals surface area contributed by atoms with Crippen LogP contribution in [0, 0.1) is 0 Å². The van der Waals surface area contributed by atoms with E-state index in [4.69, 9.17) is 4.74 Å². The number of carbonyl (C=O) groups is 4. The predicted octanol–water partition coefficient (Wildman–Crippen LogP) is 2.95. The summed E-state index contributed by atoms with van der Waals surface area (Å²) in [5.74, 6) is -1.10. The van der Waals surface area contributed by atoms with E-state index in [2.05, 4.69) is 5.32 Å². The Morgan fingerprint density at radius 1 is 0.968 bits per heavy atom. The Morgan fingerprint density at radius 2 is 1.65 bits per heavy atom. The molecule has 2 amide bonds. The van der Waals surface area contributed by atoms with E-state index in [9.17, 15) is 19.2 Å². The number of benzene rings is 2. The van der Waals surface area contributed by atoms with Gasteiger partial charge in [0.05, 0.1) is 5.41 Å². The highest BCUT2D eigenvalue weighted by Crippen LogP contribution is 2.37. The van der Waals surface area contributed by atoms with Crippen LogP contribution in [0.1, 0.15) is 42.6 Å². The minimum absolute atomic E-state index is 0.0257. The molecule has 7 nitrogen and oxygen atoms in total. The van der Waals surface area contributed by atoms with Crippen molar-refractivity contribution in [2.75, 3.05) is 25.0 Å². The van der Waals surface area contributed by atoms with Gasteiger partial charge in [-0.25, -0.2) is 0 Å². The van der Waals surface area contributed by atoms with Crippen LogP contribution in [-0.2, 0) is 24.5 Å². The lowest BCUT2D eigenvalue weighted by atomic mass is 9.72. The molecule has 1 aliphatic heterocycles. The number of ether oxygens (including phenoxy) is 1. The number of esters is 1. The van der Waals surface area contributed by atoms with Gasteiger partial charge in [-0.1, -0.05) is 42.5 Å². The molecule has 0 atom stereocenters. The molecule has 0 saturated carbocycles. The Morgan fingerprint density at radius 3 is 2.26 bits per heavy atom. The average Bonchev–Trinajstić information content (AvgIpc) is 2.78. The van der Waals surface area contributed by atoms with Gasteiger partial charge in [0.15, 0.2) is 12.4 Å². The van der Waals surface area contributed by atoms with Crippen molar-refractivity contribution in [1.82, 2.24) is 4.90 Å². The van der Waals surface area contributed by atoms with E-state index in [-0.39, 0.29) is 11.7 Å². The SMILES string of the molecule is CC(=O)c1cccc(NC(=O)COC(=O)C2(c3ccccc3)CCN(C(C)=O)CC2)c1. The number of ketones is 1. The molecule has 1 fully saturated rings. The third-order valence-corrected chi connectivity index (χ3v) is 5.67. The second-order valence-electron chi connectivity index (χ2n) is 7.72. The second-order valence-corrected chi connectivity index (χ2v) is 7.72. The standard InChI is InChI=1S/C24H26N2O5/c1-17(27)19-7-6-10-21(15-19)25-22(29)16-31-23(30)24(20-8-4-3-5-9-20)11-13-26(14-12-24)18(2)28/h3-10,15H,11-14,16H2,1-2H3,(H,25,29). The maximum absolute atomic E-state index is 13.1. The minimum atomic E-state index is -0.901. The van der Waals surface area contributed by atoms with Crippen molar-refractivity contribution in [2.24, 2.45) is 0 Å². The Balaban J connectivity index is 1.68. The molecule has 162 valence electrons. The van der Waals surface area contributed by atoms with Crippen molar-refractivity contribution in [3.8, 4) is 0 Å². The topological polar surface area (TPSA) is 92.8 Å². The summed E-state index contributed by atoms with van der Waals surface area (Å²) in [4.78, 5) is 50.4. The zero-order chi connectivity index (χ0) is 22.4. The normalized spacial score (nSPS) is 15.1. The highest BCUT2D eigenvalue weighted by molar-refractivity contribution is 5.98. The number of rotatable bonds is 6. The molecule has 0 spiro atoms. The maximum atomic E-state index is 13.1. The molecule has 31 heavy (non-hydrogen) atoms. The summed E-state index contributed by atoms with van der Waals surface area (Å²) in [5, 5.41) is 2.65. The quantitative estimate of drug-likeness (QED) is 0.571. The predicted molar refractivity (Wildman–Crippen MR) is 116 cm³/mol. The van der Waals surface area contributed by atoms with E-state index in [0.29, 0.717) is 37.2 Å². The molecule has 1 aliphatic rings. The van der Waals surface area contributed by atoms with Crippen molar-refractivity contribution in [3.05, 3.63) is 65.7 Å². The van der Waals surface area contributed by atoms with Gasteiger partial charge in [-0.05, 0) is 37.5 Å². The minimum Gasteiger partial charge on any atom is -0.455 e. The monoisotopic (exact) mass is 422 g/mol. The fraction of sp³-hybridized carbons (Fsp3) is 0.333. The van der Waals surface area contributed by atoms with Crippen molar-refractivity contribution >= 4 is 29.3 Å². The van der Waals surface area contributed by atoms with Crippen LogP contribution in [0.3, 0.4) is 0 Å². The van der Waals surface area contributed by atoms with Gasteiger partial charge >= 0.3 is 5.97 Å². The maximum Gasteiger partial charge on any atom is 0.317 e. The van der Waals surface area contributed by atoms with Crippen molar-refractivity contribution in [3.63, 3.8) is 0 Å². The number of likely N-dealkylation sites (tertiary alicyclic amines) is 1. The molecule has 0 unspecified atom stereocenters. The summed E-state index contributed by atoms with van der Waals surface area (Å²) in [6, 6.07) is 15.9. The molecular weight excluding hydrogens is 396 g/mol. The van der Waals surface area contributed by atoms with Crippen LogP contribution in [-0.4, -0.2) is 48.2 Å². The highest BCUT2D eigenvalue weighted by atomic mass is 16.5. The van der Waals surface area contributed by atoms with Crippen molar-refractivity contribution in [2.45, 2.75) is 32.1 Å². The number of hydrogen-bond acceptors (Lipinski definition) is 5. The van der Waals surface area contributed by atoms with Gasteiger partial charge in [0.25, 0.3) is 5.91 Å². The summed E-state index contributed by atoms with van der Waals surface area (Å²) in [6.07, 6.45) is 0.857. The number of amides is 2. The van der Waals surface area contributed by atoms with Crippen LogP contribution >= 0.6 is 0 Å². The van der Waals surface area contributed by atoms with Gasteiger partial charge < -0.3 is 15.0 Å². The largest absolute Gasteiger partial charge is 0.455 e. The first-order valence-corrected chi connectivity index (χ1v) is 10.2. The first-order valence-electron chi connectivity index (χ1n) is 10.2. The van der Waals surface area contributed by atoms with Crippen LogP contribution in [0.5, 0.6) is 0 Å². The van der Waals surface area contributed by atoms with Crippen molar-refractivity contribution in [1.29, 1.82) is 0 Å². The fourth-order valence-corrected chi connectivity index (χ4v) is 3.85.